The summed E-state index contributed by atoms with van der Waals surface area (Å²) < 4.78 is 1.59. The summed E-state index contributed by atoms with van der Waals surface area (Å²) in [6.45, 7) is 3.99. The van der Waals surface area contributed by atoms with Gasteiger partial charge in [0, 0.05) is 10.4 Å². The van der Waals surface area contributed by atoms with Crippen molar-refractivity contribution < 1.29 is 10.2 Å². The topological polar surface area (TPSA) is 71.2 Å². The lowest BCUT2D eigenvalue weighted by Gasteiger charge is -2.38. The van der Waals surface area contributed by atoms with Crippen LogP contribution in [0.2, 0.25) is 5.02 Å². The number of aromatic nitrogens is 3. The van der Waals surface area contributed by atoms with E-state index in [0.29, 0.717) is 11.4 Å². The van der Waals surface area contributed by atoms with Crippen LogP contribution in [0.3, 0.4) is 0 Å². The number of rotatable bonds is 3. The van der Waals surface area contributed by atoms with Crippen LogP contribution in [0.5, 0.6) is 0 Å². The Hall–Kier alpha value is -1.69. The van der Waals surface area contributed by atoms with Gasteiger partial charge in [0.2, 0.25) is 0 Å². The summed E-state index contributed by atoms with van der Waals surface area (Å²) in [4.78, 5) is 3.92. The summed E-state index contributed by atoms with van der Waals surface area (Å²) in [5.74, 6) is 0. The molecule has 2 atom stereocenters. The van der Waals surface area contributed by atoms with Crippen molar-refractivity contribution in [1.29, 1.82) is 0 Å². The smallest absolute Gasteiger partial charge is 0.137 e. The number of benzene rings is 1. The minimum Gasteiger partial charge on any atom is -0.392 e. The number of hydrogen-bond donors (Lipinski definition) is 2. The second kappa shape index (κ2) is 5.74. The normalized spacial score (nSPS) is 28.4. The molecule has 1 aliphatic carbocycles. The molecule has 0 aliphatic heterocycles. The van der Waals surface area contributed by atoms with E-state index in [9.17, 15) is 10.2 Å². The van der Waals surface area contributed by atoms with E-state index in [4.69, 9.17) is 11.6 Å². The van der Waals surface area contributed by atoms with E-state index in [0.717, 1.165) is 11.1 Å². The van der Waals surface area contributed by atoms with Crippen LogP contribution in [0.15, 0.2) is 42.5 Å². The van der Waals surface area contributed by atoms with Gasteiger partial charge < -0.3 is 10.2 Å². The molecule has 0 amide bonds. The molecule has 1 aromatic heterocycles. The quantitative estimate of drug-likeness (QED) is 0.905. The number of hydrogen-bond acceptors (Lipinski definition) is 4. The Morgan fingerprint density at radius 1 is 1.35 bits per heavy atom. The van der Waals surface area contributed by atoms with E-state index in [2.05, 4.69) is 10.1 Å². The predicted molar refractivity (Wildman–Crippen MR) is 88.8 cm³/mol. The molecular formula is C17H20ClN3O2. The molecule has 0 spiro atoms. The van der Waals surface area contributed by atoms with Gasteiger partial charge in [-0.1, -0.05) is 43.7 Å². The van der Waals surface area contributed by atoms with Crippen LogP contribution in [-0.2, 0) is 6.54 Å². The van der Waals surface area contributed by atoms with Gasteiger partial charge in [-0.15, -0.1) is 0 Å². The molecule has 1 saturated carbocycles. The first-order valence-corrected chi connectivity index (χ1v) is 7.90. The molecule has 1 aliphatic rings. The summed E-state index contributed by atoms with van der Waals surface area (Å²) in [5.41, 5.74) is -0.184. The van der Waals surface area contributed by atoms with Gasteiger partial charge >= 0.3 is 0 Å². The molecule has 2 aromatic rings. The van der Waals surface area contributed by atoms with Crippen molar-refractivity contribution in [2.75, 3.05) is 0 Å². The van der Waals surface area contributed by atoms with E-state index in [1.165, 1.54) is 6.33 Å². The Balaban J connectivity index is 2.01. The number of halogens is 1. The van der Waals surface area contributed by atoms with Crippen molar-refractivity contribution in [3.63, 3.8) is 0 Å². The molecule has 0 saturated heterocycles. The second-order valence-corrected chi connectivity index (χ2v) is 7.05. The van der Waals surface area contributed by atoms with Crippen LogP contribution in [0, 0.1) is 5.41 Å². The van der Waals surface area contributed by atoms with E-state index in [1.807, 2.05) is 32.1 Å². The zero-order valence-corrected chi connectivity index (χ0v) is 13.9. The van der Waals surface area contributed by atoms with Gasteiger partial charge in [0.25, 0.3) is 0 Å². The third-order valence-corrected chi connectivity index (χ3v) is 5.16. The van der Waals surface area contributed by atoms with Crippen molar-refractivity contribution in [2.24, 2.45) is 5.41 Å². The zero-order valence-electron chi connectivity index (χ0n) is 13.1. The van der Waals surface area contributed by atoms with Gasteiger partial charge in [-0.25, -0.2) is 9.67 Å². The van der Waals surface area contributed by atoms with Gasteiger partial charge in [0.1, 0.15) is 18.3 Å². The second-order valence-electron chi connectivity index (χ2n) is 6.62. The van der Waals surface area contributed by atoms with Gasteiger partial charge in [0.15, 0.2) is 0 Å². The third-order valence-electron chi connectivity index (χ3n) is 4.91. The molecule has 5 nitrogen and oxygen atoms in total. The molecule has 23 heavy (non-hydrogen) atoms. The van der Waals surface area contributed by atoms with E-state index < -0.39 is 17.1 Å². The number of nitrogens with zero attached hydrogens (tertiary/aromatic N) is 3. The molecular weight excluding hydrogens is 314 g/mol. The Labute approximate surface area is 140 Å². The lowest BCUT2D eigenvalue weighted by atomic mass is 9.74. The van der Waals surface area contributed by atoms with Gasteiger partial charge in [-0.3, -0.25) is 0 Å². The lowest BCUT2D eigenvalue weighted by Crippen LogP contribution is -2.48. The average molecular weight is 334 g/mol. The minimum absolute atomic E-state index is 0.247. The van der Waals surface area contributed by atoms with Crippen LogP contribution < -0.4 is 0 Å². The summed E-state index contributed by atoms with van der Waals surface area (Å²) >= 11 is 5.92. The van der Waals surface area contributed by atoms with Crippen molar-refractivity contribution in [3.05, 3.63) is 53.1 Å². The highest BCUT2D eigenvalue weighted by molar-refractivity contribution is 6.30. The average Bonchev–Trinajstić information content (AvgIpc) is 3.05. The highest BCUT2D eigenvalue weighted by Crippen LogP contribution is 2.50. The molecule has 0 bridgehead atoms. The molecule has 2 unspecified atom stereocenters. The molecule has 1 heterocycles. The molecule has 6 heteroatoms. The SMILES string of the molecule is CC1(C)C(O)CC(=Cc2ccc(Cl)cc2)C1(O)Cn1cncn1. The summed E-state index contributed by atoms with van der Waals surface area (Å²) in [6.07, 6.45) is 4.71. The van der Waals surface area contributed by atoms with Crippen molar-refractivity contribution in [3.8, 4) is 0 Å². The van der Waals surface area contributed by atoms with E-state index in [1.54, 1.807) is 23.1 Å². The molecule has 1 aromatic carbocycles. The molecule has 122 valence electrons. The Bertz CT molecular complexity index is 710. The standard InChI is InChI=1S/C17H20ClN3O2/c1-16(2)15(22)8-13(7-12-3-5-14(18)6-4-12)17(16,23)9-21-11-19-10-20-21/h3-7,10-11,15,22-23H,8-9H2,1-2H3. The highest BCUT2D eigenvalue weighted by atomic mass is 35.5. The Kier molecular flexibility index (Phi) is 4.04. The van der Waals surface area contributed by atoms with Gasteiger partial charge in [-0.05, 0) is 29.7 Å². The van der Waals surface area contributed by atoms with Crippen molar-refractivity contribution in [1.82, 2.24) is 14.8 Å². The molecule has 1 fully saturated rings. The highest BCUT2D eigenvalue weighted by Gasteiger charge is 2.56. The first-order chi connectivity index (χ1) is 10.8. The van der Waals surface area contributed by atoms with Gasteiger partial charge in [0.05, 0.1) is 12.6 Å². The van der Waals surface area contributed by atoms with Crippen LogP contribution in [0.1, 0.15) is 25.8 Å². The van der Waals surface area contributed by atoms with E-state index >= 15 is 0 Å². The van der Waals surface area contributed by atoms with Crippen molar-refractivity contribution in [2.45, 2.75) is 38.5 Å². The van der Waals surface area contributed by atoms with Crippen LogP contribution in [0.4, 0.5) is 0 Å². The van der Waals surface area contributed by atoms with Gasteiger partial charge in [-0.2, -0.15) is 5.10 Å². The maximum Gasteiger partial charge on any atom is 0.137 e. The first kappa shape index (κ1) is 16.2. The third kappa shape index (κ3) is 2.80. The summed E-state index contributed by atoms with van der Waals surface area (Å²) in [6, 6.07) is 7.40. The fraction of sp³-hybridized carbons (Fsp3) is 0.412. The maximum absolute atomic E-state index is 11.4. The maximum atomic E-state index is 11.4. The fourth-order valence-electron chi connectivity index (χ4n) is 3.11. The van der Waals surface area contributed by atoms with Crippen LogP contribution >= 0.6 is 11.6 Å². The number of aliphatic hydroxyl groups excluding tert-OH is 1. The molecule has 2 N–H and O–H groups in total. The van der Waals surface area contributed by atoms with E-state index in [-0.39, 0.29) is 6.54 Å². The predicted octanol–water partition coefficient (Wildman–Crippen LogP) is 2.54. The Morgan fingerprint density at radius 2 is 2.04 bits per heavy atom. The molecule has 3 rings (SSSR count). The van der Waals surface area contributed by atoms with Crippen LogP contribution in [0.25, 0.3) is 6.08 Å². The largest absolute Gasteiger partial charge is 0.392 e. The monoisotopic (exact) mass is 333 g/mol. The summed E-state index contributed by atoms with van der Waals surface area (Å²) in [5, 5.41) is 26.6. The Morgan fingerprint density at radius 3 is 2.65 bits per heavy atom. The fourth-order valence-corrected chi connectivity index (χ4v) is 3.24. The van der Waals surface area contributed by atoms with Crippen molar-refractivity contribution >= 4 is 17.7 Å². The molecule has 0 radical (unpaired) electrons. The van der Waals surface area contributed by atoms with Crippen LogP contribution in [-0.4, -0.2) is 36.7 Å². The summed E-state index contributed by atoms with van der Waals surface area (Å²) in [7, 11) is 0. The number of aliphatic hydroxyl groups is 2. The minimum atomic E-state index is -1.21. The lowest BCUT2D eigenvalue weighted by molar-refractivity contribution is -0.0758. The zero-order chi connectivity index (χ0) is 16.7. The first-order valence-electron chi connectivity index (χ1n) is 7.52.